The van der Waals surface area contributed by atoms with Crippen LogP contribution in [0.15, 0.2) is 29.4 Å². The summed E-state index contributed by atoms with van der Waals surface area (Å²) < 4.78 is 58.8. The van der Waals surface area contributed by atoms with Crippen molar-refractivity contribution in [1.29, 1.82) is 0 Å². The van der Waals surface area contributed by atoms with Crippen LogP contribution >= 0.6 is 0 Å². The van der Waals surface area contributed by atoms with Crippen molar-refractivity contribution in [3.8, 4) is 0 Å². The van der Waals surface area contributed by atoms with Crippen LogP contribution in [-0.2, 0) is 19.7 Å². The van der Waals surface area contributed by atoms with Crippen LogP contribution in [0, 0.1) is 5.82 Å². The highest BCUT2D eigenvalue weighted by Gasteiger charge is 2.30. The fourth-order valence-corrected chi connectivity index (χ4v) is 4.49. The molecular weight excluding hydrogens is 349 g/mol. The number of carbonyl (C=O) groups is 1. The first-order valence-corrected chi connectivity index (χ1v) is 9.78. The molecule has 0 aliphatic carbocycles. The molecule has 2 amide bonds. The standard InChI is InChI=1S/C12H16FN3O5S2/c1-3-22(18,19)12(23(20,21)4-2)16-15-11(17)14-10-7-5-9(13)6-8-10/h5-8H,3-4H2,1-2H3,(H2,14,15,17). The van der Waals surface area contributed by atoms with Gasteiger partial charge in [-0.05, 0) is 24.3 Å². The Balaban J connectivity index is 2.97. The number of amides is 2. The summed E-state index contributed by atoms with van der Waals surface area (Å²) >= 11 is 0. The third-order valence-electron chi connectivity index (χ3n) is 2.64. The minimum Gasteiger partial charge on any atom is -0.307 e. The summed E-state index contributed by atoms with van der Waals surface area (Å²) in [5, 5.41) is 5.48. The molecule has 8 nitrogen and oxygen atoms in total. The van der Waals surface area contributed by atoms with Crippen LogP contribution in [0.1, 0.15) is 13.8 Å². The van der Waals surface area contributed by atoms with Gasteiger partial charge in [0.2, 0.25) is 19.7 Å². The molecule has 0 atom stereocenters. The van der Waals surface area contributed by atoms with Gasteiger partial charge in [0.05, 0.1) is 11.5 Å². The number of nitrogens with zero attached hydrogens (tertiary/aromatic N) is 1. The quantitative estimate of drug-likeness (QED) is 0.470. The molecule has 23 heavy (non-hydrogen) atoms. The van der Waals surface area contributed by atoms with Gasteiger partial charge in [0.25, 0.3) is 4.38 Å². The first-order valence-electron chi connectivity index (χ1n) is 6.48. The first-order chi connectivity index (χ1) is 10.6. The van der Waals surface area contributed by atoms with Gasteiger partial charge in [-0.3, -0.25) is 0 Å². The Kier molecular flexibility index (Phi) is 6.21. The Morgan fingerprint density at radius 2 is 1.52 bits per heavy atom. The van der Waals surface area contributed by atoms with Crippen LogP contribution in [0.3, 0.4) is 0 Å². The molecule has 0 saturated carbocycles. The molecule has 128 valence electrons. The van der Waals surface area contributed by atoms with Crippen molar-refractivity contribution in [3.63, 3.8) is 0 Å². The zero-order valence-electron chi connectivity index (χ0n) is 12.4. The highest BCUT2D eigenvalue weighted by molar-refractivity contribution is 8.31. The lowest BCUT2D eigenvalue weighted by Gasteiger charge is -2.07. The van der Waals surface area contributed by atoms with Crippen LogP contribution in [0.25, 0.3) is 0 Å². The Hall–Kier alpha value is -2.01. The maximum Gasteiger partial charge on any atom is 0.339 e. The molecule has 1 rings (SSSR count). The molecule has 1 aromatic carbocycles. The van der Waals surface area contributed by atoms with E-state index in [1.807, 2.05) is 5.43 Å². The van der Waals surface area contributed by atoms with Crippen molar-refractivity contribution in [2.75, 3.05) is 16.8 Å². The zero-order chi connectivity index (χ0) is 17.7. The highest BCUT2D eigenvalue weighted by atomic mass is 32.3. The minimum absolute atomic E-state index is 0.220. The number of urea groups is 1. The zero-order valence-corrected chi connectivity index (χ0v) is 14.0. The Morgan fingerprint density at radius 3 is 1.96 bits per heavy atom. The van der Waals surface area contributed by atoms with E-state index in [0.717, 1.165) is 12.1 Å². The number of hydrogen-bond acceptors (Lipinski definition) is 6. The number of rotatable bonds is 4. The number of nitrogens with one attached hydrogen (secondary N) is 2. The summed E-state index contributed by atoms with van der Waals surface area (Å²) in [6.07, 6.45) is 0. The number of hydrogen-bond donors (Lipinski definition) is 2. The summed E-state index contributed by atoms with van der Waals surface area (Å²) in [7, 11) is -8.27. The average Bonchev–Trinajstić information content (AvgIpc) is 2.49. The maximum absolute atomic E-state index is 12.7. The van der Waals surface area contributed by atoms with E-state index >= 15 is 0 Å². The van der Waals surface area contributed by atoms with Gasteiger partial charge in [-0.15, -0.1) is 5.10 Å². The fraction of sp³-hybridized carbons (Fsp3) is 0.333. The number of carbonyl (C=O) groups excluding carboxylic acids is 1. The van der Waals surface area contributed by atoms with E-state index in [0.29, 0.717) is 0 Å². The summed E-state index contributed by atoms with van der Waals surface area (Å²) in [5.41, 5.74) is 2.03. The summed E-state index contributed by atoms with van der Waals surface area (Å²) in [4.78, 5) is 11.6. The number of sulfone groups is 2. The molecule has 0 spiro atoms. The molecule has 0 fully saturated rings. The minimum atomic E-state index is -4.13. The maximum atomic E-state index is 12.7. The average molecular weight is 365 g/mol. The van der Waals surface area contributed by atoms with Gasteiger partial charge in [-0.1, -0.05) is 13.8 Å². The molecule has 2 N–H and O–H groups in total. The lowest BCUT2D eigenvalue weighted by atomic mass is 10.3. The summed E-state index contributed by atoms with van der Waals surface area (Å²) in [5.74, 6) is -1.46. The predicted octanol–water partition coefficient (Wildman–Crippen LogP) is 1.09. The molecular formula is C12H16FN3O5S2. The summed E-state index contributed by atoms with van der Waals surface area (Å²) in [6.45, 7) is 2.52. The first kappa shape index (κ1) is 19.0. The second-order valence-electron chi connectivity index (χ2n) is 4.26. The van der Waals surface area contributed by atoms with Crippen LogP contribution in [0.2, 0.25) is 0 Å². The van der Waals surface area contributed by atoms with Crippen molar-refractivity contribution in [2.24, 2.45) is 5.10 Å². The van der Waals surface area contributed by atoms with E-state index < -0.39 is 47.4 Å². The molecule has 0 heterocycles. The largest absolute Gasteiger partial charge is 0.339 e. The van der Waals surface area contributed by atoms with Gasteiger partial charge < -0.3 is 5.32 Å². The molecule has 0 bridgehead atoms. The van der Waals surface area contributed by atoms with E-state index in [9.17, 15) is 26.0 Å². The third kappa shape index (κ3) is 5.28. The molecule has 0 aromatic heterocycles. The molecule has 0 saturated heterocycles. The normalized spacial score (nSPS) is 11.6. The molecule has 0 radical (unpaired) electrons. The van der Waals surface area contributed by atoms with Crippen LogP contribution in [0.4, 0.5) is 14.9 Å². The Bertz CT molecular complexity index is 766. The smallest absolute Gasteiger partial charge is 0.307 e. The fourth-order valence-electron chi connectivity index (χ4n) is 1.37. The van der Waals surface area contributed by atoms with Gasteiger partial charge in [-0.25, -0.2) is 31.4 Å². The number of benzene rings is 1. The van der Waals surface area contributed by atoms with E-state index in [1.165, 1.54) is 26.0 Å². The van der Waals surface area contributed by atoms with E-state index in [4.69, 9.17) is 0 Å². The highest BCUT2D eigenvalue weighted by Crippen LogP contribution is 2.08. The molecule has 0 aliphatic heterocycles. The molecule has 11 heteroatoms. The molecule has 0 unspecified atom stereocenters. The molecule has 1 aromatic rings. The van der Waals surface area contributed by atoms with Gasteiger partial charge in [-0.2, -0.15) is 0 Å². The van der Waals surface area contributed by atoms with Crippen molar-refractivity contribution < 1.29 is 26.0 Å². The second-order valence-corrected chi connectivity index (χ2v) is 8.90. The lowest BCUT2D eigenvalue weighted by molar-refractivity contribution is 0.252. The monoisotopic (exact) mass is 365 g/mol. The van der Waals surface area contributed by atoms with Crippen molar-refractivity contribution >= 4 is 35.8 Å². The van der Waals surface area contributed by atoms with Crippen LogP contribution in [0.5, 0.6) is 0 Å². The lowest BCUT2D eigenvalue weighted by Crippen LogP contribution is -2.33. The van der Waals surface area contributed by atoms with Crippen LogP contribution < -0.4 is 10.7 Å². The SMILES string of the molecule is CCS(=O)(=O)C(=NNC(=O)Nc1ccc(F)cc1)S(=O)(=O)CC. The van der Waals surface area contributed by atoms with Gasteiger partial charge in [0, 0.05) is 5.69 Å². The van der Waals surface area contributed by atoms with Crippen molar-refractivity contribution in [1.82, 2.24) is 5.43 Å². The van der Waals surface area contributed by atoms with Gasteiger partial charge in [0.1, 0.15) is 5.82 Å². The molecule has 0 aliphatic rings. The topological polar surface area (TPSA) is 122 Å². The van der Waals surface area contributed by atoms with E-state index in [2.05, 4.69) is 10.4 Å². The van der Waals surface area contributed by atoms with Gasteiger partial charge in [0.15, 0.2) is 0 Å². The Morgan fingerprint density at radius 1 is 1.04 bits per heavy atom. The van der Waals surface area contributed by atoms with E-state index in [1.54, 1.807) is 0 Å². The second kappa shape index (κ2) is 7.51. The third-order valence-corrected chi connectivity index (χ3v) is 6.93. The summed E-state index contributed by atoms with van der Waals surface area (Å²) in [6, 6.07) is 3.78. The number of hydrazone groups is 1. The van der Waals surface area contributed by atoms with E-state index in [-0.39, 0.29) is 5.69 Å². The number of anilines is 1. The Labute approximate surface area is 133 Å². The van der Waals surface area contributed by atoms with Crippen molar-refractivity contribution in [3.05, 3.63) is 30.1 Å². The predicted molar refractivity (Wildman–Crippen MR) is 84.9 cm³/mol. The van der Waals surface area contributed by atoms with Crippen LogP contribution in [-0.4, -0.2) is 38.7 Å². The van der Waals surface area contributed by atoms with Gasteiger partial charge >= 0.3 is 6.03 Å². The van der Waals surface area contributed by atoms with Crippen molar-refractivity contribution in [2.45, 2.75) is 13.8 Å². The number of halogens is 1.